The number of hydrogen-bond acceptors (Lipinski definition) is 3. The molecule has 1 atom stereocenters. The highest BCUT2D eigenvalue weighted by atomic mass is 16.5. The number of rotatable bonds is 6. The highest BCUT2D eigenvalue weighted by Gasteiger charge is 2.11. The van der Waals surface area contributed by atoms with Gasteiger partial charge in [-0.2, -0.15) is 0 Å². The molecule has 0 aliphatic rings. The van der Waals surface area contributed by atoms with Crippen molar-refractivity contribution in [2.75, 3.05) is 12.3 Å². The second-order valence-corrected chi connectivity index (χ2v) is 5.08. The predicted molar refractivity (Wildman–Crippen MR) is 87.2 cm³/mol. The zero-order chi connectivity index (χ0) is 15.2. The molecular weight excluding hydrogens is 262 g/mol. The van der Waals surface area contributed by atoms with Crippen LogP contribution < -0.4 is 15.2 Å². The van der Waals surface area contributed by atoms with Crippen molar-refractivity contribution in [3.8, 4) is 17.2 Å². The predicted octanol–water partition coefficient (Wildman–Crippen LogP) is 4.97. The van der Waals surface area contributed by atoms with Crippen LogP contribution in [0.4, 0.5) is 5.69 Å². The smallest absolute Gasteiger partial charge is 0.145 e. The van der Waals surface area contributed by atoms with Crippen molar-refractivity contribution in [1.82, 2.24) is 0 Å². The first-order valence-electron chi connectivity index (χ1n) is 7.44. The molecule has 0 aliphatic heterocycles. The summed E-state index contributed by atoms with van der Waals surface area (Å²) in [6, 6.07) is 13.7. The van der Waals surface area contributed by atoms with Gasteiger partial charge in [-0.15, -0.1) is 0 Å². The molecule has 0 saturated heterocycles. The van der Waals surface area contributed by atoms with Crippen LogP contribution in [0.25, 0.3) is 0 Å². The van der Waals surface area contributed by atoms with Crippen LogP contribution in [0.3, 0.4) is 0 Å². The van der Waals surface area contributed by atoms with E-state index in [4.69, 9.17) is 15.2 Å². The Morgan fingerprint density at radius 3 is 2.52 bits per heavy atom. The molecule has 2 aromatic carbocycles. The summed E-state index contributed by atoms with van der Waals surface area (Å²) in [4.78, 5) is 0. The van der Waals surface area contributed by atoms with Crippen LogP contribution in [0.1, 0.15) is 38.7 Å². The van der Waals surface area contributed by atoms with Gasteiger partial charge in [0.1, 0.15) is 17.2 Å². The molecule has 0 aliphatic carbocycles. The lowest BCUT2D eigenvalue weighted by Crippen LogP contribution is -1.99. The Bertz CT molecular complexity index is 596. The van der Waals surface area contributed by atoms with Crippen LogP contribution in [0.2, 0.25) is 0 Å². The highest BCUT2D eigenvalue weighted by molar-refractivity contribution is 5.56. The number of para-hydroxylation sites is 1. The molecule has 3 heteroatoms. The fourth-order valence-electron chi connectivity index (χ4n) is 2.19. The molecule has 0 bridgehead atoms. The van der Waals surface area contributed by atoms with Crippen LogP contribution >= 0.6 is 0 Å². The van der Waals surface area contributed by atoms with Crippen molar-refractivity contribution < 1.29 is 9.47 Å². The molecule has 0 heterocycles. The van der Waals surface area contributed by atoms with E-state index < -0.39 is 0 Å². The Kier molecular flexibility index (Phi) is 5.09. The number of nitrogen functional groups attached to an aromatic ring is 1. The summed E-state index contributed by atoms with van der Waals surface area (Å²) in [5.74, 6) is 2.75. The number of benzene rings is 2. The molecule has 2 aromatic rings. The second-order valence-electron chi connectivity index (χ2n) is 5.08. The Morgan fingerprint density at radius 2 is 1.81 bits per heavy atom. The van der Waals surface area contributed by atoms with Crippen LogP contribution in [-0.4, -0.2) is 6.61 Å². The first kappa shape index (κ1) is 15.2. The van der Waals surface area contributed by atoms with Gasteiger partial charge in [0.05, 0.1) is 12.3 Å². The summed E-state index contributed by atoms with van der Waals surface area (Å²) in [5, 5.41) is 0. The Labute approximate surface area is 126 Å². The van der Waals surface area contributed by atoms with E-state index >= 15 is 0 Å². The standard InChI is InChI=1S/C18H23NO2/c1-4-13(3)15-8-6-7-9-17(15)21-14-10-11-16(19)18(12-14)20-5-2/h6-13H,4-5,19H2,1-3H3. The highest BCUT2D eigenvalue weighted by Crippen LogP contribution is 2.34. The normalized spacial score (nSPS) is 12.0. The van der Waals surface area contributed by atoms with E-state index in [1.165, 1.54) is 5.56 Å². The van der Waals surface area contributed by atoms with Crippen LogP contribution in [0.5, 0.6) is 17.2 Å². The SMILES string of the molecule is CCOc1cc(Oc2ccccc2C(C)CC)ccc1N. The van der Waals surface area contributed by atoms with Gasteiger partial charge < -0.3 is 15.2 Å². The van der Waals surface area contributed by atoms with E-state index in [1.54, 1.807) is 0 Å². The molecule has 0 radical (unpaired) electrons. The van der Waals surface area contributed by atoms with Crippen molar-refractivity contribution in [3.63, 3.8) is 0 Å². The summed E-state index contributed by atoms with van der Waals surface area (Å²) in [6.07, 6.45) is 1.08. The van der Waals surface area contributed by atoms with E-state index in [-0.39, 0.29) is 0 Å². The third-order valence-corrected chi connectivity index (χ3v) is 3.57. The Morgan fingerprint density at radius 1 is 1.05 bits per heavy atom. The van der Waals surface area contributed by atoms with Crippen molar-refractivity contribution in [2.24, 2.45) is 0 Å². The lowest BCUT2D eigenvalue weighted by atomic mass is 9.98. The van der Waals surface area contributed by atoms with Gasteiger partial charge in [0.15, 0.2) is 0 Å². The van der Waals surface area contributed by atoms with Gasteiger partial charge in [-0.25, -0.2) is 0 Å². The molecule has 0 amide bonds. The molecular formula is C18H23NO2. The van der Waals surface area contributed by atoms with Gasteiger partial charge in [-0.1, -0.05) is 32.0 Å². The minimum absolute atomic E-state index is 0.460. The van der Waals surface area contributed by atoms with Gasteiger partial charge in [0.25, 0.3) is 0 Å². The number of anilines is 1. The van der Waals surface area contributed by atoms with Crippen LogP contribution in [0.15, 0.2) is 42.5 Å². The quantitative estimate of drug-likeness (QED) is 0.762. The molecule has 0 saturated carbocycles. The van der Waals surface area contributed by atoms with Gasteiger partial charge in [-0.05, 0) is 43.0 Å². The summed E-state index contributed by atoms with van der Waals surface area (Å²) >= 11 is 0. The maximum absolute atomic E-state index is 6.04. The maximum Gasteiger partial charge on any atom is 0.145 e. The van der Waals surface area contributed by atoms with Crippen molar-refractivity contribution in [2.45, 2.75) is 33.1 Å². The third kappa shape index (κ3) is 3.69. The molecule has 1 unspecified atom stereocenters. The minimum atomic E-state index is 0.460. The largest absolute Gasteiger partial charge is 0.492 e. The van der Waals surface area contributed by atoms with Crippen LogP contribution in [0, 0.1) is 0 Å². The summed E-state index contributed by atoms with van der Waals surface area (Å²) in [7, 11) is 0. The topological polar surface area (TPSA) is 44.5 Å². The summed E-state index contributed by atoms with van der Waals surface area (Å²) in [5.41, 5.74) is 7.73. The Hall–Kier alpha value is -2.16. The fraction of sp³-hybridized carbons (Fsp3) is 0.333. The monoisotopic (exact) mass is 285 g/mol. The van der Waals surface area contributed by atoms with Gasteiger partial charge >= 0.3 is 0 Å². The minimum Gasteiger partial charge on any atom is -0.492 e. The fourth-order valence-corrected chi connectivity index (χ4v) is 2.19. The first-order valence-corrected chi connectivity index (χ1v) is 7.44. The molecule has 21 heavy (non-hydrogen) atoms. The lowest BCUT2D eigenvalue weighted by Gasteiger charge is -2.16. The average Bonchev–Trinajstić information content (AvgIpc) is 2.50. The second kappa shape index (κ2) is 7.02. The van der Waals surface area contributed by atoms with Gasteiger partial charge in [0.2, 0.25) is 0 Å². The van der Waals surface area contributed by atoms with E-state index in [9.17, 15) is 0 Å². The zero-order valence-corrected chi connectivity index (χ0v) is 12.9. The molecule has 2 rings (SSSR count). The van der Waals surface area contributed by atoms with Crippen molar-refractivity contribution in [3.05, 3.63) is 48.0 Å². The van der Waals surface area contributed by atoms with Gasteiger partial charge in [-0.3, -0.25) is 0 Å². The third-order valence-electron chi connectivity index (χ3n) is 3.57. The molecule has 112 valence electrons. The van der Waals surface area contributed by atoms with Crippen molar-refractivity contribution in [1.29, 1.82) is 0 Å². The molecule has 2 N–H and O–H groups in total. The zero-order valence-electron chi connectivity index (χ0n) is 12.9. The summed E-state index contributed by atoms with van der Waals surface area (Å²) < 4.78 is 11.5. The van der Waals surface area contributed by atoms with E-state index in [1.807, 2.05) is 43.3 Å². The van der Waals surface area contributed by atoms with Crippen molar-refractivity contribution >= 4 is 5.69 Å². The molecule has 3 nitrogen and oxygen atoms in total. The average molecular weight is 285 g/mol. The Balaban J connectivity index is 2.28. The number of hydrogen-bond donors (Lipinski definition) is 1. The van der Waals surface area contributed by atoms with E-state index in [0.29, 0.717) is 24.0 Å². The first-order chi connectivity index (χ1) is 10.2. The van der Waals surface area contributed by atoms with Crippen LogP contribution in [-0.2, 0) is 0 Å². The molecule has 0 aromatic heterocycles. The van der Waals surface area contributed by atoms with E-state index in [2.05, 4.69) is 19.9 Å². The molecule has 0 fully saturated rings. The van der Waals surface area contributed by atoms with E-state index in [0.717, 1.165) is 17.9 Å². The maximum atomic E-state index is 6.04. The number of ether oxygens (including phenoxy) is 2. The summed E-state index contributed by atoms with van der Waals surface area (Å²) in [6.45, 7) is 6.90. The molecule has 0 spiro atoms. The number of nitrogens with two attached hydrogens (primary N) is 1. The lowest BCUT2D eigenvalue weighted by molar-refractivity contribution is 0.340. The van der Waals surface area contributed by atoms with Gasteiger partial charge in [0, 0.05) is 6.07 Å².